The Morgan fingerprint density at radius 3 is 2.20 bits per heavy atom. The zero-order valence-electron chi connectivity index (χ0n) is 12.2. The van der Waals surface area contributed by atoms with E-state index in [1.54, 1.807) is 0 Å². The Balaban J connectivity index is 2.32. The van der Waals surface area contributed by atoms with Gasteiger partial charge < -0.3 is 4.90 Å². The molecular formula is C18H19NO. The lowest BCUT2D eigenvalue weighted by atomic mass is 10.0. The third-order valence-electron chi connectivity index (χ3n) is 3.70. The number of carbonyl (C=O) groups excluding carboxylic acids is 1. The average Bonchev–Trinajstić information content (AvgIpc) is 2.52. The topological polar surface area (TPSA) is 20.3 Å². The Hall–Kier alpha value is -2.09. The van der Waals surface area contributed by atoms with E-state index in [1.165, 1.54) is 0 Å². The van der Waals surface area contributed by atoms with Gasteiger partial charge in [0.15, 0.2) is 5.78 Å². The van der Waals surface area contributed by atoms with Crippen LogP contribution in [0.25, 0.3) is 0 Å². The molecule has 0 fully saturated rings. The van der Waals surface area contributed by atoms with Gasteiger partial charge in [-0.15, -0.1) is 0 Å². The van der Waals surface area contributed by atoms with Gasteiger partial charge in [0.2, 0.25) is 0 Å². The fourth-order valence-electron chi connectivity index (χ4n) is 2.90. The number of hydrogen-bond donors (Lipinski definition) is 0. The molecule has 20 heavy (non-hydrogen) atoms. The van der Waals surface area contributed by atoms with Crippen molar-refractivity contribution in [3.05, 3.63) is 59.7 Å². The molecule has 0 unspecified atom stereocenters. The van der Waals surface area contributed by atoms with Crippen LogP contribution < -0.4 is 4.90 Å². The van der Waals surface area contributed by atoms with Crippen LogP contribution in [0.2, 0.25) is 0 Å². The maximum absolute atomic E-state index is 12.5. The molecule has 0 atom stereocenters. The van der Waals surface area contributed by atoms with Crippen LogP contribution >= 0.6 is 0 Å². The van der Waals surface area contributed by atoms with E-state index in [1.807, 2.05) is 36.4 Å². The molecule has 2 aromatic carbocycles. The molecule has 0 aromatic heterocycles. The summed E-state index contributed by atoms with van der Waals surface area (Å²) in [6.07, 6.45) is 0.472. The number of benzene rings is 2. The van der Waals surface area contributed by atoms with Crippen LogP contribution in [0, 0.1) is 0 Å². The molecule has 1 heterocycles. The van der Waals surface area contributed by atoms with Crippen LogP contribution in [0.5, 0.6) is 0 Å². The van der Waals surface area contributed by atoms with Gasteiger partial charge in [0.25, 0.3) is 0 Å². The van der Waals surface area contributed by atoms with E-state index in [2.05, 4.69) is 37.8 Å². The van der Waals surface area contributed by atoms with Gasteiger partial charge in [0.1, 0.15) is 0 Å². The molecular weight excluding hydrogens is 246 g/mol. The van der Waals surface area contributed by atoms with Gasteiger partial charge in [0, 0.05) is 23.2 Å². The van der Waals surface area contributed by atoms with Gasteiger partial charge in [0.05, 0.1) is 5.69 Å². The Morgan fingerprint density at radius 1 is 0.900 bits per heavy atom. The summed E-state index contributed by atoms with van der Waals surface area (Å²) >= 11 is 0. The number of carbonyl (C=O) groups is 1. The molecule has 1 aliphatic heterocycles. The van der Waals surface area contributed by atoms with Crippen LogP contribution in [-0.2, 0) is 6.42 Å². The fourth-order valence-corrected chi connectivity index (χ4v) is 2.90. The van der Waals surface area contributed by atoms with Gasteiger partial charge in [-0.25, -0.2) is 0 Å². The number of hydrogen-bond acceptors (Lipinski definition) is 2. The van der Waals surface area contributed by atoms with Crippen LogP contribution in [0.15, 0.2) is 48.5 Å². The Bertz CT molecular complexity index is 667. The highest BCUT2D eigenvalue weighted by Crippen LogP contribution is 2.40. The number of rotatable bonds is 0. The van der Waals surface area contributed by atoms with Crippen LogP contribution in [0.1, 0.15) is 36.7 Å². The lowest BCUT2D eigenvalue weighted by molar-refractivity contribution is 0.0994. The summed E-state index contributed by atoms with van der Waals surface area (Å²) in [7, 11) is 0. The second kappa shape index (κ2) is 4.48. The van der Waals surface area contributed by atoms with Crippen molar-refractivity contribution in [3.8, 4) is 0 Å². The largest absolute Gasteiger partial charge is 0.335 e. The molecule has 0 saturated carbocycles. The monoisotopic (exact) mass is 265 g/mol. The first-order valence-corrected chi connectivity index (χ1v) is 6.99. The van der Waals surface area contributed by atoms with Crippen LogP contribution in [-0.4, -0.2) is 11.3 Å². The van der Waals surface area contributed by atoms with Crippen molar-refractivity contribution in [1.82, 2.24) is 0 Å². The molecule has 102 valence electrons. The van der Waals surface area contributed by atoms with Gasteiger partial charge in [-0.2, -0.15) is 0 Å². The number of nitrogens with zero attached hydrogens (tertiary/aromatic N) is 1. The highest BCUT2D eigenvalue weighted by molar-refractivity contribution is 6.05. The first-order valence-electron chi connectivity index (χ1n) is 6.99. The zero-order chi connectivity index (χ0) is 14.3. The molecule has 0 spiro atoms. The summed E-state index contributed by atoms with van der Waals surface area (Å²) in [6.45, 7) is 6.53. The molecule has 2 heteroatoms. The van der Waals surface area contributed by atoms with E-state index in [0.29, 0.717) is 6.42 Å². The molecule has 0 N–H and O–H groups in total. The maximum atomic E-state index is 12.5. The Kier molecular flexibility index (Phi) is 2.89. The Morgan fingerprint density at radius 2 is 1.50 bits per heavy atom. The third kappa shape index (κ3) is 2.01. The molecule has 1 aliphatic rings. The van der Waals surface area contributed by atoms with Crippen molar-refractivity contribution < 1.29 is 4.79 Å². The van der Waals surface area contributed by atoms with Crippen LogP contribution in [0.3, 0.4) is 0 Å². The van der Waals surface area contributed by atoms with Crippen molar-refractivity contribution >= 4 is 17.2 Å². The third-order valence-corrected chi connectivity index (χ3v) is 3.70. The number of fused-ring (bicyclic) bond motifs is 2. The van der Waals surface area contributed by atoms with E-state index < -0.39 is 0 Å². The quantitative estimate of drug-likeness (QED) is 0.705. The second-order valence-electron chi connectivity index (χ2n) is 6.25. The molecule has 2 nitrogen and oxygen atoms in total. The van der Waals surface area contributed by atoms with E-state index in [0.717, 1.165) is 22.5 Å². The second-order valence-corrected chi connectivity index (χ2v) is 6.25. The van der Waals surface area contributed by atoms with Crippen molar-refractivity contribution in [3.63, 3.8) is 0 Å². The predicted molar refractivity (Wildman–Crippen MR) is 82.8 cm³/mol. The first-order chi connectivity index (χ1) is 9.48. The van der Waals surface area contributed by atoms with Crippen molar-refractivity contribution in [1.29, 1.82) is 0 Å². The molecule has 2 aromatic rings. The fraction of sp³-hybridized carbons (Fsp3) is 0.278. The van der Waals surface area contributed by atoms with E-state index in [4.69, 9.17) is 0 Å². The number of para-hydroxylation sites is 2. The highest BCUT2D eigenvalue weighted by atomic mass is 16.1. The minimum Gasteiger partial charge on any atom is -0.335 e. The van der Waals surface area contributed by atoms with Gasteiger partial charge in [-0.3, -0.25) is 4.79 Å². The Labute approximate surface area is 120 Å². The van der Waals surface area contributed by atoms with Crippen molar-refractivity contribution in [2.24, 2.45) is 0 Å². The summed E-state index contributed by atoms with van der Waals surface area (Å²) in [6, 6.07) is 16.1. The summed E-state index contributed by atoms with van der Waals surface area (Å²) in [5, 5.41) is 0. The molecule has 3 rings (SSSR count). The van der Waals surface area contributed by atoms with Gasteiger partial charge >= 0.3 is 0 Å². The van der Waals surface area contributed by atoms with Gasteiger partial charge in [-0.05, 0) is 44.5 Å². The molecule has 0 radical (unpaired) electrons. The minimum atomic E-state index is -0.0865. The number of Topliss-reactive ketones (excluding diaryl/α,β-unsaturated/α-hetero) is 1. The summed E-state index contributed by atoms with van der Waals surface area (Å²) < 4.78 is 0. The summed E-state index contributed by atoms with van der Waals surface area (Å²) in [4.78, 5) is 14.8. The predicted octanol–water partition coefficient (Wildman–Crippen LogP) is 4.36. The first kappa shape index (κ1) is 12.9. The molecule has 0 bridgehead atoms. The molecule has 0 saturated heterocycles. The minimum absolute atomic E-state index is 0.0865. The lowest BCUT2D eigenvalue weighted by Crippen LogP contribution is -2.38. The highest BCUT2D eigenvalue weighted by Gasteiger charge is 2.31. The normalized spacial score (nSPS) is 14.6. The van der Waals surface area contributed by atoms with Crippen molar-refractivity contribution in [2.45, 2.75) is 32.7 Å². The van der Waals surface area contributed by atoms with Crippen LogP contribution in [0.4, 0.5) is 11.4 Å². The zero-order valence-corrected chi connectivity index (χ0v) is 12.2. The number of ketones is 1. The standard InChI is InChI=1S/C18H19NO/c1-18(2,3)19-15-10-6-4-8-13(15)12-17(20)14-9-5-7-11-16(14)19/h4-11H,12H2,1-3H3. The molecule has 0 amide bonds. The smallest absolute Gasteiger partial charge is 0.169 e. The summed E-state index contributed by atoms with van der Waals surface area (Å²) in [5.41, 5.74) is 3.98. The van der Waals surface area contributed by atoms with E-state index in [-0.39, 0.29) is 11.3 Å². The van der Waals surface area contributed by atoms with E-state index in [9.17, 15) is 4.79 Å². The SMILES string of the molecule is CC(C)(C)N1c2ccccc2CC(=O)c2ccccc21. The lowest BCUT2D eigenvalue weighted by Gasteiger charge is -2.38. The van der Waals surface area contributed by atoms with Crippen molar-refractivity contribution in [2.75, 3.05) is 4.90 Å². The maximum Gasteiger partial charge on any atom is 0.169 e. The molecule has 0 aliphatic carbocycles. The average molecular weight is 265 g/mol. The summed E-state index contributed by atoms with van der Waals surface area (Å²) in [5.74, 6) is 0.194. The number of anilines is 2. The van der Waals surface area contributed by atoms with E-state index >= 15 is 0 Å². The van der Waals surface area contributed by atoms with Gasteiger partial charge in [-0.1, -0.05) is 30.3 Å².